The molecule has 19 heavy (non-hydrogen) atoms. The van der Waals surface area contributed by atoms with Crippen LogP contribution in [0.2, 0.25) is 0 Å². The molecular weight excluding hydrogens is 260 g/mol. The van der Waals surface area contributed by atoms with Gasteiger partial charge in [-0.2, -0.15) is 0 Å². The van der Waals surface area contributed by atoms with E-state index in [1.165, 1.54) is 11.3 Å². The van der Waals surface area contributed by atoms with Crippen LogP contribution in [0.25, 0.3) is 0 Å². The first-order valence-corrected chi connectivity index (χ1v) is 7.65. The van der Waals surface area contributed by atoms with Crippen molar-refractivity contribution < 1.29 is 4.79 Å². The van der Waals surface area contributed by atoms with Gasteiger partial charge in [0, 0.05) is 24.5 Å². The summed E-state index contributed by atoms with van der Waals surface area (Å²) in [6.45, 7) is 6.44. The fraction of sp³-hybridized carbons (Fsp3) is 0.692. The number of anilines is 1. The van der Waals surface area contributed by atoms with Gasteiger partial charge >= 0.3 is 0 Å². The molecule has 0 saturated carbocycles. The molecule has 0 aliphatic carbocycles. The van der Waals surface area contributed by atoms with Crippen molar-refractivity contribution in [3.63, 3.8) is 0 Å². The summed E-state index contributed by atoms with van der Waals surface area (Å²) in [7, 11) is 0. The van der Waals surface area contributed by atoms with E-state index in [1.54, 1.807) is 0 Å². The van der Waals surface area contributed by atoms with Crippen molar-refractivity contribution in [2.75, 3.05) is 25.0 Å². The SMILES string of the molecule is CC(C)c1csc(NC(=O)CN2CCC(N)CC2)n1. The number of thiazole rings is 1. The summed E-state index contributed by atoms with van der Waals surface area (Å²) in [4.78, 5) is 18.5. The van der Waals surface area contributed by atoms with Crippen molar-refractivity contribution in [3.05, 3.63) is 11.1 Å². The minimum Gasteiger partial charge on any atom is -0.328 e. The lowest BCUT2D eigenvalue weighted by Gasteiger charge is -2.29. The number of amides is 1. The Morgan fingerprint density at radius 2 is 2.26 bits per heavy atom. The fourth-order valence-electron chi connectivity index (χ4n) is 2.08. The molecule has 0 unspecified atom stereocenters. The largest absolute Gasteiger partial charge is 0.328 e. The van der Waals surface area contributed by atoms with Crippen LogP contribution in [0, 0.1) is 0 Å². The Hall–Kier alpha value is -0.980. The smallest absolute Gasteiger partial charge is 0.240 e. The van der Waals surface area contributed by atoms with Crippen LogP contribution in [-0.4, -0.2) is 41.5 Å². The highest BCUT2D eigenvalue weighted by atomic mass is 32.1. The molecule has 0 bridgehead atoms. The molecule has 1 saturated heterocycles. The monoisotopic (exact) mass is 282 g/mol. The molecule has 0 radical (unpaired) electrons. The maximum atomic E-state index is 11.9. The summed E-state index contributed by atoms with van der Waals surface area (Å²) < 4.78 is 0. The number of aromatic nitrogens is 1. The van der Waals surface area contributed by atoms with Crippen molar-refractivity contribution in [2.45, 2.75) is 38.6 Å². The van der Waals surface area contributed by atoms with Gasteiger partial charge in [-0.15, -0.1) is 11.3 Å². The second-order valence-electron chi connectivity index (χ2n) is 5.39. The molecule has 1 amide bonds. The maximum Gasteiger partial charge on any atom is 0.240 e. The van der Waals surface area contributed by atoms with E-state index >= 15 is 0 Å². The Morgan fingerprint density at radius 3 is 2.84 bits per heavy atom. The predicted octanol–water partition coefficient (Wildman–Crippen LogP) is 1.63. The van der Waals surface area contributed by atoms with Crippen LogP contribution >= 0.6 is 11.3 Å². The number of hydrogen-bond donors (Lipinski definition) is 2. The van der Waals surface area contributed by atoms with E-state index < -0.39 is 0 Å². The molecular formula is C13H22N4OS. The zero-order valence-electron chi connectivity index (χ0n) is 11.6. The Balaban J connectivity index is 1.80. The zero-order chi connectivity index (χ0) is 13.8. The lowest BCUT2D eigenvalue weighted by atomic mass is 10.1. The summed E-state index contributed by atoms with van der Waals surface area (Å²) in [5, 5.41) is 5.57. The van der Waals surface area contributed by atoms with Crippen LogP contribution in [0.15, 0.2) is 5.38 Å². The van der Waals surface area contributed by atoms with Crippen LogP contribution in [0.3, 0.4) is 0 Å². The van der Waals surface area contributed by atoms with Crippen LogP contribution in [0.5, 0.6) is 0 Å². The van der Waals surface area contributed by atoms with Gasteiger partial charge in [-0.25, -0.2) is 4.98 Å². The van der Waals surface area contributed by atoms with Gasteiger partial charge in [0.15, 0.2) is 5.13 Å². The third kappa shape index (κ3) is 4.26. The summed E-state index contributed by atoms with van der Waals surface area (Å²) in [6, 6.07) is 0.298. The Morgan fingerprint density at radius 1 is 1.58 bits per heavy atom. The number of rotatable bonds is 4. The average molecular weight is 282 g/mol. The number of hydrogen-bond acceptors (Lipinski definition) is 5. The van der Waals surface area contributed by atoms with E-state index in [1.807, 2.05) is 5.38 Å². The van der Waals surface area contributed by atoms with Crippen LogP contribution in [-0.2, 0) is 4.79 Å². The highest BCUT2D eigenvalue weighted by molar-refractivity contribution is 7.13. The van der Waals surface area contributed by atoms with Crippen molar-refractivity contribution in [1.82, 2.24) is 9.88 Å². The van der Waals surface area contributed by atoms with E-state index in [9.17, 15) is 4.79 Å². The van der Waals surface area contributed by atoms with Crippen LogP contribution in [0.1, 0.15) is 38.3 Å². The van der Waals surface area contributed by atoms with Gasteiger partial charge in [0.2, 0.25) is 5.91 Å². The van der Waals surface area contributed by atoms with Crippen molar-refractivity contribution in [2.24, 2.45) is 5.73 Å². The topological polar surface area (TPSA) is 71.2 Å². The minimum atomic E-state index is 0.0140. The Labute approximate surface area is 118 Å². The van der Waals surface area contributed by atoms with Crippen molar-refractivity contribution in [3.8, 4) is 0 Å². The molecule has 1 aliphatic heterocycles. The summed E-state index contributed by atoms with van der Waals surface area (Å²) in [6.07, 6.45) is 1.95. The number of carbonyl (C=O) groups excluding carboxylic acids is 1. The van der Waals surface area contributed by atoms with E-state index in [2.05, 4.69) is 29.0 Å². The highest BCUT2D eigenvalue weighted by Gasteiger charge is 2.18. The van der Waals surface area contributed by atoms with Crippen molar-refractivity contribution in [1.29, 1.82) is 0 Å². The van der Waals surface area contributed by atoms with Crippen LogP contribution < -0.4 is 11.1 Å². The summed E-state index contributed by atoms with van der Waals surface area (Å²) in [5.41, 5.74) is 6.88. The molecule has 106 valence electrons. The van der Waals surface area contributed by atoms with Gasteiger partial charge in [0.1, 0.15) is 0 Å². The second-order valence-corrected chi connectivity index (χ2v) is 6.25. The van der Waals surface area contributed by atoms with Crippen LogP contribution in [0.4, 0.5) is 5.13 Å². The molecule has 5 nitrogen and oxygen atoms in total. The van der Waals surface area contributed by atoms with E-state index in [4.69, 9.17) is 5.73 Å². The van der Waals surface area contributed by atoms with Crippen molar-refractivity contribution >= 4 is 22.4 Å². The van der Waals surface area contributed by atoms with Gasteiger partial charge < -0.3 is 11.1 Å². The standard InChI is InChI=1S/C13H22N4OS/c1-9(2)11-8-19-13(15-11)16-12(18)7-17-5-3-10(14)4-6-17/h8-10H,3-7,14H2,1-2H3,(H,15,16,18). The molecule has 3 N–H and O–H groups in total. The number of nitrogens with zero attached hydrogens (tertiary/aromatic N) is 2. The van der Waals surface area contributed by atoms with E-state index in [0.29, 0.717) is 23.6 Å². The summed E-state index contributed by atoms with van der Waals surface area (Å²) in [5.74, 6) is 0.408. The minimum absolute atomic E-state index is 0.0140. The molecule has 2 rings (SSSR count). The quantitative estimate of drug-likeness (QED) is 0.880. The summed E-state index contributed by atoms with van der Waals surface area (Å²) >= 11 is 1.49. The van der Waals surface area contributed by atoms with Gasteiger partial charge in [0.05, 0.1) is 12.2 Å². The lowest BCUT2D eigenvalue weighted by molar-refractivity contribution is -0.117. The van der Waals surface area contributed by atoms with Gasteiger partial charge in [-0.1, -0.05) is 13.8 Å². The molecule has 1 fully saturated rings. The zero-order valence-corrected chi connectivity index (χ0v) is 12.4. The third-order valence-corrected chi connectivity index (χ3v) is 4.14. The highest BCUT2D eigenvalue weighted by Crippen LogP contribution is 2.21. The Bertz CT molecular complexity index is 424. The second kappa shape index (κ2) is 6.45. The molecule has 1 aromatic rings. The number of likely N-dealkylation sites (tertiary alicyclic amines) is 1. The van der Waals surface area contributed by atoms with Gasteiger partial charge in [-0.05, 0) is 18.8 Å². The number of nitrogens with two attached hydrogens (primary N) is 1. The predicted molar refractivity (Wildman–Crippen MR) is 78.5 cm³/mol. The molecule has 0 aromatic carbocycles. The third-order valence-electron chi connectivity index (χ3n) is 3.36. The molecule has 6 heteroatoms. The lowest BCUT2D eigenvalue weighted by Crippen LogP contribution is -2.43. The Kier molecular flexibility index (Phi) is 4.90. The van der Waals surface area contributed by atoms with E-state index in [0.717, 1.165) is 31.6 Å². The first-order valence-electron chi connectivity index (χ1n) is 6.78. The molecule has 0 spiro atoms. The molecule has 1 aromatic heterocycles. The molecule has 1 aliphatic rings. The molecule has 0 atom stereocenters. The first kappa shape index (κ1) is 14.4. The van der Waals surface area contributed by atoms with Gasteiger partial charge in [-0.3, -0.25) is 9.69 Å². The maximum absolute atomic E-state index is 11.9. The number of piperidine rings is 1. The number of carbonyl (C=O) groups is 1. The van der Waals surface area contributed by atoms with Gasteiger partial charge in [0.25, 0.3) is 0 Å². The normalized spacial score (nSPS) is 17.9. The van der Waals surface area contributed by atoms with E-state index in [-0.39, 0.29) is 5.91 Å². The fourth-order valence-corrected chi connectivity index (χ4v) is 2.97. The average Bonchev–Trinajstić information content (AvgIpc) is 2.80. The first-order chi connectivity index (χ1) is 9.04. The number of nitrogens with one attached hydrogen (secondary N) is 1. The molecule has 2 heterocycles.